The Morgan fingerprint density at radius 2 is 2.00 bits per heavy atom. The summed E-state index contributed by atoms with van der Waals surface area (Å²) in [6.45, 7) is 1.30. The van der Waals surface area contributed by atoms with Gasteiger partial charge < -0.3 is 5.11 Å². The van der Waals surface area contributed by atoms with E-state index >= 15 is 0 Å². The van der Waals surface area contributed by atoms with Gasteiger partial charge in [-0.1, -0.05) is 17.9 Å². The molecule has 0 bridgehead atoms. The number of alkyl halides is 3. The third-order valence-corrected chi connectivity index (χ3v) is 2.10. The van der Waals surface area contributed by atoms with Gasteiger partial charge in [-0.05, 0) is 24.6 Å². The Morgan fingerprint density at radius 3 is 2.56 bits per heavy atom. The fourth-order valence-electron chi connectivity index (χ4n) is 1.29. The Morgan fingerprint density at radius 1 is 1.31 bits per heavy atom. The Bertz CT molecular complexity index is 424. The van der Waals surface area contributed by atoms with Gasteiger partial charge in [0.15, 0.2) is 0 Å². The number of rotatable bonds is 1. The lowest BCUT2D eigenvalue weighted by Gasteiger charge is -2.10. The van der Waals surface area contributed by atoms with Crippen LogP contribution < -0.4 is 0 Å². The molecule has 0 spiro atoms. The maximum absolute atomic E-state index is 12.5. The van der Waals surface area contributed by atoms with Crippen molar-refractivity contribution in [2.75, 3.05) is 6.61 Å². The van der Waals surface area contributed by atoms with Crippen molar-refractivity contribution in [1.29, 1.82) is 0 Å². The number of hydrogen-bond donors (Lipinski definition) is 1. The third kappa shape index (κ3) is 3.01. The Kier molecular flexibility index (Phi) is 3.97. The van der Waals surface area contributed by atoms with Crippen molar-refractivity contribution in [2.24, 2.45) is 0 Å². The average molecular weight is 228 g/mol. The molecule has 0 aliphatic rings. The van der Waals surface area contributed by atoms with Gasteiger partial charge in [-0.25, -0.2) is 0 Å². The predicted molar refractivity (Wildman–Crippen MR) is 54.8 cm³/mol. The van der Waals surface area contributed by atoms with Crippen molar-refractivity contribution >= 4 is 0 Å². The summed E-state index contributed by atoms with van der Waals surface area (Å²) in [5.74, 6) is 5.22. The van der Waals surface area contributed by atoms with Gasteiger partial charge in [-0.3, -0.25) is 0 Å². The zero-order valence-corrected chi connectivity index (χ0v) is 8.73. The van der Waals surface area contributed by atoms with Gasteiger partial charge >= 0.3 is 6.18 Å². The quantitative estimate of drug-likeness (QED) is 0.733. The summed E-state index contributed by atoms with van der Waals surface area (Å²) < 4.78 is 37.6. The molecule has 0 saturated carbocycles. The maximum Gasteiger partial charge on any atom is 0.416 e. The van der Waals surface area contributed by atoms with Crippen molar-refractivity contribution < 1.29 is 18.3 Å². The minimum absolute atomic E-state index is 0.0923. The molecule has 0 amide bonds. The lowest BCUT2D eigenvalue weighted by atomic mass is 10.0. The number of benzene rings is 1. The standard InChI is InChI=1S/C12H11F3O/c1-9-10(5-2-3-8-16)6-4-7-11(9)12(13,14)15/h4,6-7,16H,3,8H2,1H3. The number of aliphatic hydroxyl groups is 1. The van der Waals surface area contributed by atoms with E-state index in [4.69, 9.17) is 5.11 Å². The first-order chi connectivity index (χ1) is 7.46. The van der Waals surface area contributed by atoms with E-state index in [1.165, 1.54) is 19.1 Å². The van der Waals surface area contributed by atoms with Gasteiger partial charge in [0, 0.05) is 12.0 Å². The van der Waals surface area contributed by atoms with E-state index in [1.807, 2.05) is 0 Å². The first-order valence-corrected chi connectivity index (χ1v) is 4.73. The molecule has 0 radical (unpaired) electrons. The van der Waals surface area contributed by atoms with Crippen LogP contribution in [0.15, 0.2) is 18.2 Å². The van der Waals surface area contributed by atoms with E-state index in [1.54, 1.807) is 0 Å². The second-order valence-electron chi connectivity index (χ2n) is 3.25. The van der Waals surface area contributed by atoms with E-state index in [-0.39, 0.29) is 18.6 Å². The lowest BCUT2D eigenvalue weighted by molar-refractivity contribution is -0.138. The van der Waals surface area contributed by atoms with Crippen LogP contribution in [0, 0.1) is 18.8 Å². The van der Waals surface area contributed by atoms with Crippen LogP contribution in [-0.4, -0.2) is 11.7 Å². The van der Waals surface area contributed by atoms with Crippen LogP contribution in [0.2, 0.25) is 0 Å². The smallest absolute Gasteiger partial charge is 0.395 e. The van der Waals surface area contributed by atoms with Crippen molar-refractivity contribution in [3.8, 4) is 11.8 Å². The molecule has 16 heavy (non-hydrogen) atoms. The van der Waals surface area contributed by atoms with Crippen LogP contribution in [0.25, 0.3) is 0 Å². The Labute approximate surface area is 91.9 Å². The summed E-state index contributed by atoms with van der Waals surface area (Å²) in [5, 5.41) is 8.51. The molecule has 0 unspecified atom stereocenters. The van der Waals surface area contributed by atoms with E-state index in [0.717, 1.165) is 6.07 Å². The first-order valence-electron chi connectivity index (χ1n) is 4.73. The average Bonchev–Trinajstić information content (AvgIpc) is 2.19. The molecule has 4 heteroatoms. The molecule has 0 saturated heterocycles. The molecule has 0 atom stereocenters. The number of hydrogen-bond acceptors (Lipinski definition) is 1. The fourth-order valence-corrected chi connectivity index (χ4v) is 1.29. The second-order valence-corrected chi connectivity index (χ2v) is 3.25. The molecule has 1 aromatic carbocycles. The van der Waals surface area contributed by atoms with Crippen molar-refractivity contribution in [2.45, 2.75) is 19.5 Å². The molecule has 0 heterocycles. The van der Waals surface area contributed by atoms with E-state index in [2.05, 4.69) is 11.8 Å². The van der Waals surface area contributed by atoms with Crippen LogP contribution >= 0.6 is 0 Å². The molecule has 0 aromatic heterocycles. The maximum atomic E-state index is 12.5. The molecule has 86 valence electrons. The largest absolute Gasteiger partial charge is 0.416 e. The molecule has 0 aliphatic heterocycles. The summed E-state index contributed by atoms with van der Waals surface area (Å²) in [6.07, 6.45) is -4.09. The van der Waals surface area contributed by atoms with Gasteiger partial charge in [0.2, 0.25) is 0 Å². The topological polar surface area (TPSA) is 20.2 Å². The minimum Gasteiger partial charge on any atom is -0.395 e. The van der Waals surface area contributed by atoms with Crippen LogP contribution in [0.5, 0.6) is 0 Å². The zero-order valence-electron chi connectivity index (χ0n) is 8.73. The summed E-state index contributed by atoms with van der Waals surface area (Å²) in [5.41, 5.74) is -0.188. The first kappa shape index (κ1) is 12.6. The molecular weight excluding hydrogens is 217 g/mol. The minimum atomic E-state index is -4.35. The molecule has 1 aromatic rings. The van der Waals surface area contributed by atoms with Gasteiger partial charge in [-0.2, -0.15) is 13.2 Å². The normalized spacial score (nSPS) is 10.8. The monoisotopic (exact) mass is 228 g/mol. The number of aliphatic hydroxyl groups excluding tert-OH is 1. The molecule has 1 rings (SSSR count). The highest BCUT2D eigenvalue weighted by Gasteiger charge is 2.32. The van der Waals surface area contributed by atoms with E-state index in [0.29, 0.717) is 5.56 Å². The van der Waals surface area contributed by atoms with Crippen LogP contribution in [0.1, 0.15) is 23.1 Å². The van der Waals surface area contributed by atoms with Crippen molar-refractivity contribution in [3.63, 3.8) is 0 Å². The summed E-state index contributed by atoms with van der Waals surface area (Å²) in [7, 11) is 0. The number of halogens is 3. The zero-order chi connectivity index (χ0) is 12.2. The van der Waals surface area contributed by atoms with Gasteiger partial charge in [-0.15, -0.1) is 0 Å². The van der Waals surface area contributed by atoms with Crippen LogP contribution in [-0.2, 0) is 6.18 Å². The van der Waals surface area contributed by atoms with E-state index < -0.39 is 11.7 Å². The molecule has 0 fully saturated rings. The van der Waals surface area contributed by atoms with Gasteiger partial charge in [0.1, 0.15) is 0 Å². The lowest BCUT2D eigenvalue weighted by Crippen LogP contribution is -2.08. The molecule has 1 N–H and O–H groups in total. The van der Waals surface area contributed by atoms with E-state index in [9.17, 15) is 13.2 Å². The highest BCUT2D eigenvalue weighted by Crippen LogP contribution is 2.32. The summed E-state index contributed by atoms with van der Waals surface area (Å²) in [6, 6.07) is 3.90. The summed E-state index contributed by atoms with van der Waals surface area (Å²) in [4.78, 5) is 0. The van der Waals surface area contributed by atoms with Gasteiger partial charge in [0.25, 0.3) is 0 Å². The highest BCUT2D eigenvalue weighted by molar-refractivity contribution is 5.45. The highest BCUT2D eigenvalue weighted by atomic mass is 19.4. The molecule has 0 aliphatic carbocycles. The third-order valence-electron chi connectivity index (χ3n) is 2.10. The second kappa shape index (κ2) is 5.04. The predicted octanol–water partition coefficient (Wildman–Crippen LogP) is 2.75. The summed E-state index contributed by atoms with van der Waals surface area (Å²) >= 11 is 0. The van der Waals surface area contributed by atoms with Crippen molar-refractivity contribution in [1.82, 2.24) is 0 Å². The van der Waals surface area contributed by atoms with Crippen molar-refractivity contribution in [3.05, 3.63) is 34.9 Å². The Balaban J connectivity index is 3.11. The SMILES string of the molecule is Cc1c(C#CCCO)cccc1C(F)(F)F. The fraction of sp³-hybridized carbons (Fsp3) is 0.333. The Hall–Kier alpha value is -1.47. The van der Waals surface area contributed by atoms with Crippen LogP contribution in [0.4, 0.5) is 13.2 Å². The van der Waals surface area contributed by atoms with Crippen LogP contribution in [0.3, 0.4) is 0 Å². The molecular formula is C12H11F3O. The molecule has 1 nitrogen and oxygen atoms in total. The van der Waals surface area contributed by atoms with Gasteiger partial charge in [0.05, 0.1) is 12.2 Å².